The van der Waals surface area contributed by atoms with Crippen LogP contribution in [0, 0.1) is 0 Å². The lowest BCUT2D eigenvalue weighted by Gasteiger charge is -2.13. The Morgan fingerprint density at radius 1 is 1.56 bits per heavy atom. The standard InChI is InChI=1S/C11H14F2N2O3/c1-3-18-7(16)4-6-5-15-9(11(12)13)10(17-2)8(6)14/h5,11H,3-4H2,1-2H3,(H2,14,15). The minimum atomic E-state index is -2.79. The molecule has 0 bridgehead atoms. The Morgan fingerprint density at radius 3 is 2.72 bits per heavy atom. The molecule has 0 atom stereocenters. The molecule has 2 N–H and O–H groups in total. The third kappa shape index (κ3) is 3.06. The quantitative estimate of drug-likeness (QED) is 0.816. The van der Waals surface area contributed by atoms with Crippen LogP contribution in [0.25, 0.3) is 0 Å². The van der Waals surface area contributed by atoms with Crippen molar-refractivity contribution in [1.29, 1.82) is 0 Å². The minimum Gasteiger partial charge on any atom is -0.492 e. The van der Waals surface area contributed by atoms with Gasteiger partial charge >= 0.3 is 5.97 Å². The van der Waals surface area contributed by atoms with Gasteiger partial charge in [-0.05, 0) is 6.92 Å². The number of esters is 1. The van der Waals surface area contributed by atoms with Crippen LogP contribution < -0.4 is 10.5 Å². The largest absolute Gasteiger partial charge is 0.492 e. The van der Waals surface area contributed by atoms with Gasteiger partial charge in [0, 0.05) is 11.8 Å². The average Bonchev–Trinajstić information content (AvgIpc) is 2.31. The van der Waals surface area contributed by atoms with Gasteiger partial charge in [-0.1, -0.05) is 0 Å². The molecule has 18 heavy (non-hydrogen) atoms. The summed E-state index contributed by atoms with van der Waals surface area (Å²) >= 11 is 0. The molecular weight excluding hydrogens is 246 g/mol. The van der Waals surface area contributed by atoms with Gasteiger partial charge in [-0.15, -0.1) is 0 Å². The third-order valence-corrected chi connectivity index (χ3v) is 2.23. The van der Waals surface area contributed by atoms with Gasteiger partial charge in [0.15, 0.2) is 11.4 Å². The van der Waals surface area contributed by atoms with Crippen molar-refractivity contribution in [2.75, 3.05) is 19.5 Å². The lowest BCUT2D eigenvalue weighted by Crippen LogP contribution is -2.11. The molecule has 1 aromatic heterocycles. The molecule has 0 spiro atoms. The number of pyridine rings is 1. The van der Waals surface area contributed by atoms with Crippen molar-refractivity contribution in [3.8, 4) is 5.75 Å². The molecule has 0 saturated carbocycles. The van der Waals surface area contributed by atoms with Crippen LogP contribution in [0.5, 0.6) is 5.75 Å². The van der Waals surface area contributed by atoms with E-state index in [9.17, 15) is 13.6 Å². The van der Waals surface area contributed by atoms with Crippen molar-refractivity contribution in [3.63, 3.8) is 0 Å². The van der Waals surface area contributed by atoms with E-state index in [-0.39, 0.29) is 24.5 Å². The van der Waals surface area contributed by atoms with Gasteiger partial charge in [0.05, 0.1) is 25.8 Å². The first-order valence-electron chi connectivity index (χ1n) is 5.26. The summed E-state index contributed by atoms with van der Waals surface area (Å²) in [6.07, 6.45) is -1.79. The summed E-state index contributed by atoms with van der Waals surface area (Å²) in [5.41, 5.74) is 5.41. The van der Waals surface area contributed by atoms with E-state index >= 15 is 0 Å². The van der Waals surface area contributed by atoms with Gasteiger partial charge in [-0.25, -0.2) is 8.78 Å². The van der Waals surface area contributed by atoms with E-state index in [1.54, 1.807) is 6.92 Å². The van der Waals surface area contributed by atoms with Gasteiger partial charge < -0.3 is 15.2 Å². The summed E-state index contributed by atoms with van der Waals surface area (Å²) in [5.74, 6) is -0.704. The summed E-state index contributed by atoms with van der Waals surface area (Å²) in [6, 6.07) is 0. The molecule has 0 saturated heterocycles. The minimum absolute atomic E-state index is 0.0177. The zero-order valence-electron chi connectivity index (χ0n) is 10.1. The van der Waals surface area contributed by atoms with Crippen LogP contribution in [0.1, 0.15) is 24.6 Å². The van der Waals surface area contributed by atoms with Gasteiger partial charge in [-0.3, -0.25) is 9.78 Å². The van der Waals surface area contributed by atoms with Crippen LogP contribution in [0.15, 0.2) is 6.20 Å². The fraction of sp³-hybridized carbons (Fsp3) is 0.455. The molecule has 0 aliphatic rings. The highest BCUT2D eigenvalue weighted by Gasteiger charge is 2.21. The fourth-order valence-corrected chi connectivity index (χ4v) is 1.44. The topological polar surface area (TPSA) is 74.4 Å². The van der Waals surface area contributed by atoms with Crippen LogP contribution in [-0.4, -0.2) is 24.7 Å². The number of anilines is 1. The summed E-state index contributed by atoms with van der Waals surface area (Å²) in [7, 11) is 1.22. The highest BCUT2D eigenvalue weighted by molar-refractivity contribution is 5.76. The summed E-state index contributed by atoms with van der Waals surface area (Å²) < 4.78 is 34.8. The second-order valence-electron chi connectivity index (χ2n) is 3.40. The first kappa shape index (κ1) is 14.1. The van der Waals surface area contributed by atoms with E-state index in [0.717, 1.165) is 6.20 Å². The van der Waals surface area contributed by atoms with Gasteiger partial charge in [0.1, 0.15) is 0 Å². The van der Waals surface area contributed by atoms with E-state index in [0.29, 0.717) is 5.56 Å². The number of nitrogens with two attached hydrogens (primary N) is 1. The maximum absolute atomic E-state index is 12.6. The maximum Gasteiger partial charge on any atom is 0.310 e. The SMILES string of the molecule is CCOC(=O)Cc1cnc(C(F)F)c(OC)c1N. The number of hydrogen-bond acceptors (Lipinski definition) is 5. The van der Waals surface area contributed by atoms with E-state index in [2.05, 4.69) is 4.98 Å². The number of nitrogen functional groups attached to an aromatic ring is 1. The predicted molar refractivity (Wildman–Crippen MR) is 60.5 cm³/mol. The first-order chi connectivity index (χ1) is 8.51. The third-order valence-electron chi connectivity index (χ3n) is 2.23. The van der Waals surface area contributed by atoms with Crippen molar-refractivity contribution in [2.45, 2.75) is 19.8 Å². The molecule has 1 rings (SSSR count). The summed E-state index contributed by atoms with van der Waals surface area (Å²) in [6.45, 7) is 1.90. The number of rotatable bonds is 5. The van der Waals surface area contributed by atoms with E-state index in [1.807, 2.05) is 0 Å². The number of carbonyl (C=O) groups is 1. The van der Waals surface area contributed by atoms with Gasteiger partial charge in [-0.2, -0.15) is 0 Å². The second kappa shape index (κ2) is 6.13. The number of hydrogen-bond donors (Lipinski definition) is 1. The molecule has 0 amide bonds. The molecule has 1 heterocycles. The average molecular weight is 260 g/mol. The van der Waals surface area contributed by atoms with Crippen LogP contribution in [-0.2, 0) is 16.0 Å². The van der Waals surface area contributed by atoms with Crippen molar-refractivity contribution >= 4 is 11.7 Å². The van der Waals surface area contributed by atoms with Crippen molar-refractivity contribution in [3.05, 3.63) is 17.5 Å². The maximum atomic E-state index is 12.6. The Morgan fingerprint density at radius 2 is 2.22 bits per heavy atom. The summed E-state index contributed by atoms with van der Waals surface area (Å²) in [4.78, 5) is 14.8. The number of ether oxygens (including phenoxy) is 2. The lowest BCUT2D eigenvalue weighted by atomic mass is 10.1. The predicted octanol–water partition coefficient (Wildman–Crippen LogP) is 1.72. The number of carbonyl (C=O) groups excluding carboxylic acids is 1. The fourth-order valence-electron chi connectivity index (χ4n) is 1.44. The first-order valence-corrected chi connectivity index (χ1v) is 5.26. The molecule has 0 fully saturated rings. The highest BCUT2D eigenvalue weighted by Crippen LogP contribution is 2.34. The number of alkyl halides is 2. The Bertz CT molecular complexity index is 439. The van der Waals surface area contributed by atoms with Crippen LogP contribution in [0.4, 0.5) is 14.5 Å². The molecule has 0 unspecified atom stereocenters. The van der Waals surface area contributed by atoms with Crippen molar-refractivity contribution < 1.29 is 23.0 Å². The highest BCUT2D eigenvalue weighted by atomic mass is 19.3. The zero-order chi connectivity index (χ0) is 13.7. The monoisotopic (exact) mass is 260 g/mol. The zero-order valence-corrected chi connectivity index (χ0v) is 10.1. The van der Waals surface area contributed by atoms with Crippen molar-refractivity contribution in [2.24, 2.45) is 0 Å². The molecule has 0 aliphatic heterocycles. The van der Waals surface area contributed by atoms with E-state index < -0.39 is 18.1 Å². The molecule has 5 nitrogen and oxygen atoms in total. The Labute approximate surface area is 103 Å². The normalized spacial score (nSPS) is 10.5. The Kier molecular flexibility index (Phi) is 4.82. The van der Waals surface area contributed by atoms with E-state index in [1.165, 1.54) is 7.11 Å². The molecular formula is C11H14F2N2O3. The van der Waals surface area contributed by atoms with E-state index in [4.69, 9.17) is 15.2 Å². The number of aromatic nitrogens is 1. The molecule has 0 aliphatic carbocycles. The molecule has 1 aromatic rings. The molecule has 7 heteroatoms. The van der Waals surface area contributed by atoms with Crippen LogP contribution in [0.3, 0.4) is 0 Å². The number of methoxy groups -OCH3 is 1. The second-order valence-corrected chi connectivity index (χ2v) is 3.40. The number of halogens is 2. The Hall–Kier alpha value is -1.92. The van der Waals surface area contributed by atoms with Crippen LogP contribution >= 0.6 is 0 Å². The smallest absolute Gasteiger partial charge is 0.310 e. The van der Waals surface area contributed by atoms with Crippen molar-refractivity contribution in [1.82, 2.24) is 4.98 Å². The molecule has 0 radical (unpaired) electrons. The summed E-state index contributed by atoms with van der Waals surface area (Å²) in [5, 5.41) is 0. The van der Waals surface area contributed by atoms with Gasteiger partial charge in [0.25, 0.3) is 6.43 Å². The Balaban J connectivity index is 3.05. The lowest BCUT2D eigenvalue weighted by molar-refractivity contribution is -0.142. The molecule has 0 aromatic carbocycles. The number of nitrogens with zero attached hydrogens (tertiary/aromatic N) is 1. The van der Waals surface area contributed by atoms with Crippen LogP contribution in [0.2, 0.25) is 0 Å². The van der Waals surface area contributed by atoms with Gasteiger partial charge in [0.2, 0.25) is 0 Å². The molecule has 100 valence electrons.